The van der Waals surface area contributed by atoms with Gasteiger partial charge in [-0.3, -0.25) is 4.79 Å². The molecule has 2 rings (SSSR count). The SMILES string of the molecule is O=C1CC(S(=O)(=O)F)CN1c1cccc(O)c1. The van der Waals surface area contributed by atoms with Crippen LogP contribution in [0.2, 0.25) is 0 Å². The molecule has 0 aliphatic carbocycles. The molecule has 1 N–H and O–H groups in total. The van der Waals surface area contributed by atoms with Crippen LogP contribution in [0.3, 0.4) is 0 Å². The van der Waals surface area contributed by atoms with E-state index in [4.69, 9.17) is 0 Å². The van der Waals surface area contributed by atoms with Crippen molar-refractivity contribution in [2.75, 3.05) is 11.4 Å². The summed E-state index contributed by atoms with van der Waals surface area (Å²) in [5.41, 5.74) is 0.362. The van der Waals surface area contributed by atoms with Gasteiger partial charge in [-0.15, -0.1) is 3.89 Å². The summed E-state index contributed by atoms with van der Waals surface area (Å²) in [6, 6.07) is 5.82. The third-order valence-electron chi connectivity index (χ3n) is 2.63. The van der Waals surface area contributed by atoms with Crippen LogP contribution < -0.4 is 4.90 Å². The zero-order valence-corrected chi connectivity index (χ0v) is 9.52. The standard InChI is InChI=1S/C10H10FNO4S/c11-17(15,16)9-5-10(14)12(6-9)7-2-1-3-8(13)4-7/h1-4,9,13H,5-6H2. The highest BCUT2D eigenvalue weighted by atomic mass is 32.3. The molecule has 1 aliphatic rings. The zero-order chi connectivity index (χ0) is 12.6. The molecule has 7 heteroatoms. The van der Waals surface area contributed by atoms with Gasteiger partial charge in [0, 0.05) is 24.7 Å². The molecule has 92 valence electrons. The highest BCUT2D eigenvalue weighted by molar-refractivity contribution is 7.87. The second-order valence-corrected chi connectivity index (χ2v) is 5.44. The van der Waals surface area contributed by atoms with E-state index in [1.807, 2.05) is 0 Å². The second-order valence-electron chi connectivity index (χ2n) is 3.83. The van der Waals surface area contributed by atoms with Gasteiger partial charge >= 0.3 is 10.2 Å². The van der Waals surface area contributed by atoms with E-state index in [-0.39, 0.29) is 18.7 Å². The van der Waals surface area contributed by atoms with Gasteiger partial charge in [0.05, 0.1) is 0 Å². The number of carbonyl (C=O) groups excluding carboxylic acids is 1. The number of hydrogen-bond acceptors (Lipinski definition) is 4. The highest BCUT2D eigenvalue weighted by Gasteiger charge is 2.39. The number of carbonyl (C=O) groups is 1. The number of amides is 1. The lowest BCUT2D eigenvalue weighted by molar-refractivity contribution is -0.117. The second kappa shape index (κ2) is 3.99. The van der Waals surface area contributed by atoms with Crippen molar-refractivity contribution >= 4 is 21.8 Å². The van der Waals surface area contributed by atoms with Gasteiger partial charge in [0.1, 0.15) is 11.0 Å². The lowest BCUT2D eigenvalue weighted by Crippen LogP contribution is -2.26. The third kappa shape index (κ3) is 2.38. The molecule has 17 heavy (non-hydrogen) atoms. The van der Waals surface area contributed by atoms with Crippen molar-refractivity contribution in [1.29, 1.82) is 0 Å². The van der Waals surface area contributed by atoms with E-state index in [2.05, 4.69) is 0 Å². The summed E-state index contributed by atoms with van der Waals surface area (Å²) in [7, 11) is -4.71. The molecule has 0 bridgehead atoms. The van der Waals surface area contributed by atoms with Gasteiger partial charge in [-0.25, -0.2) is 0 Å². The van der Waals surface area contributed by atoms with Crippen LogP contribution >= 0.6 is 0 Å². The van der Waals surface area contributed by atoms with Crippen LogP contribution in [-0.4, -0.2) is 31.2 Å². The van der Waals surface area contributed by atoms with Crippen molar-refractivity contribution in [2.45, 2.75) is 11.7 Å². The molecular weight excluding hydrogens is 249 g/mol. The molecule has 0 saturated carbocycles. The summed E-state index contributed by atoms with van der Waals surface area (Å²) in [5.74, 6) is -0.510. The van der Waals surface area contributed by atoms with Crippen molar-refractivity contribution in [3.05, 3.63) is 24.3 Å². The minimum Gasteiger partial charge on any atom is -0.508 e. The molecule has 1 unspecified atom stereocenters. The Kier molecular flexibility index (Phi) is 2.78. The normalized spacial score (nSPS) is 20.9. The summed E-state index contributed by atoms with van der Waals surface area (Å²) in [6.07, 6.45) is -0.367. The summed E-state index contributed by atoms with van der Waals surface area (Å²) < 4.78 is 34.2. The number of hydrogen-bond donors (Lipinski definition) is 1. The number of halogens is 1. The Morgan fingerprint density at radius 2 is 2.12 bits per heavy atom. The van der Waals surface area contributed by atoms with Gasteiger partial charge in [-0.1, -0.05) is 6.07 Å². The lowest BCUT2D eigenvalue weighted by atomic mass is 10.3. The fourth-order valence-corrected chi connectivity index (χ4v) is 2.44. The van der Waals surface area contributed by atoms with Crippen molar-refractivity contribution in [1.82, 2.24) is 0 Å². The molecule has 1 heterocycles. The quantitative estimate of drug-likeness (QED) is 0.797. The van der Waals surface area contributed by atoms with Crippen LogP contribution in [0.15, 0.2) is 24.3 Å². The van der Waals surface area contributed by atoms with E-state index < -0.39 is 21.4 Å². The predicted octanol–water partition coefficient (Wildman–Crippen LogP) is 0.797. The number of nitrogens with zero attached hydrogens (tertiary/aromatic N) is 1. The molecule has 1 aromatic carbocycles. The Bertz CT molecular complexity index is 557. The van der Waals surface area contributed by atoms with Crippen LogP contribution in [0.5, 0.6) is 5.75 Å². The number of aromatic hydroxyl groups is 1. The lowest BCUT2D eigenvalue weighted by Gasteiger charge is -2.15. The Morgan fingerprint density at radius 3 is 2.65 bits per heavy atom. The first-order valence-electron chi connectivity index (χ1n) is 4.91. The molecule has 1 atom stereocenters. The summed E-state index contributed by atoms with van der Waals surface area (Å²) in [6.45, 7) is -0.221. The van der Waals surface area contributed by atoms with Crippen molar-refractivity contribution < 1.29 is 22.2 Å². The first kappa shape index (κ1) is 11.8. The molecule has 0 radical (unpaired) electrons. The number of phenols is 1. The Labute approximate surface area is 97.7 Å². The molecule has 0 aromatic heterocycles. The molecule has 0 spiro atoms. The van der Waals surface area contributed by atoms with Crippen molar-refractivity contribution in [3.63, 3.8) is 0 Å². The molecular formula is C10H10FNO4S. The van der Waals surface area contributed by atoms with Gasteiger partial charge in [-0.2, -0.15) is 8.42 Å². The van der Waals surface area contributed by atoms with E-state index in [0.29, 0.717) is 5.69 Å². The zero-order valence-electron chi connectivity index (χ0n) is 8.71. The highest BCUT2D eigenvalue weighted by Crippen LogP contribution is 2.27. The Balaban J connectivity index is 2.28. The van der Waals surface area contributed by atoms with E-state index in [9.17, 15) is 22.2 Å². The molecule has 1 fully saturated rings. The fourth-order valence-electron chi connectivity index (χ4n) is 1.77. The van der Waals surface area contributed by atoms with Gasteiger partial charge in [0.15, 0.2) is 0 Å². The van der Waals surface area contributed by atoms with Crippen LogP contribution in [0.4, 0.5) is 9.57 Å². The number of benzene rings is 1. The van der Waals surface area contributed by atoms with Gasteiger partial charge in [0.25, 0.3) is 0 Å². The predicted molar refractivity (Wildman–Crippen MR) is 58.9 cm³/mol. The molecule has 1 saturated heterocycles. The van der Waals surface area contributed by atoms with Crippen molar-refractivity contribution in [2.24, 2.45) is 0 Å². The van der Waals surface area contributed by atoms with E-state index in [0.717, 1.165) is 4.90 Å². The van der Waals surface area contributed by atoms with Gasteiger partial charge < -0.3 is 10.0 Å². The molecule has 1 amide bonds. The Hall–Kier alpha value is -1.63. The minimum absolute atomic E-state index is 0.0399. The summed E-state index contributed by atoms with van der Waals surface area (Å²) in [4.78, 5) is 12.7. The fraction of sp³-hybridized carbons (Fsp3) is 0.300. The average Bonchev–Trinajstić information content (AvgIpc) is 2.60. The maximum absolute atomic E-state index is 12.8. The van der Waals surface area contributed by atoms with Gasteiger partial charge in [0.2, 0.25) is 5.91 Å². The smallest absolute Gasteiger partial charge is 0.307 e. The van der Waals surface area contributed by atoms with Crippen LogP contribution in [0.1, 0.15) is 6.42 Å². The summed E-state index contributed by atoms with van der Waals surface area (Å²) in [5, 5.41) is 7.93. The van der Waals surface area contributed by atoms with E-state index in [1.54, 1.807) is 6.07 Å². The maximum atomic E-state index is 12.8. The van der Waals surface area contributed by atoms with E-state index >= 15 is 0 Å². The first-order chi connectivity index (χ1) is 7.88. The number of phenolic OH excluding ortho intramolecular Hbond substituents is 1. The van der Waals surface area contributed by atoms with Crippen LogP contribution in [-0.2, 0) is 15.0 Å². The number of anilines is 1. The van der Waals surface area contributed by atoms with Crippen molar-refractivity contribution in [3.8, 4) is 5.75 Å². The number of rotatable bonds is 2. The van der Waals surface area contributed by atoms with Crippen LogP contribution in [0.25, 0.3) is 0 Å². The van der Waals surface area contributed by atoms with E-state index in [1.165, 1.54) is 18.2 Å². The average molecular weight is 259 g/mol. The molecule has 1 aromatic rings. The molecule has 5 nitrogen and oxygen atoms in total. The minimum atomic E-state index is -4.71. The van der Waals surface area contributed by atoms with Crippen LogP contribution in [0, 0.1) is 0 Å². The van der Waals surface area contributed by atoms with Gasteiger partial charge in [-0.05, 0) is 12.1 Å². The largest absolute Gasteiger partial charge is 0.508 e. The third-order valence-corrected chi connectivity index (χ3v) is 3.74. The topological polar surface area (TPSA) is 74.7 Å². The Morgan fingerprint density at radius 1 is 1.41 bits per heavy atom. The summed E-state index contributed by atoms with van der Waals surface area (Å²) >= 11 is 0. The molecule has 1 aliphatic heterocycles. The maximum Gasteiger partial charge on any atom is 0.307 e. The first-order valence-corrected chi connectivity index (χ1v) is 6.35. The monoisotopic (exact) mass is 259 g/mol.